The molecule has 0 aliphatic heterocycles. The van der Waals surface area contributed by atoms with Gasteiger partial charge in [0.1, 0.15) is 5.69 Å². The topological polar surface area (TPSA) is 88.0 Å². The Kier molecular flexibility index (Phi) is 6.26. The Bertz CT molecular complexity index is 953. The second kappa shape index (κ2) is 8.84. The Labute approximate surface area is 165 Å². The maximum absolute atomic E-state index is 11.8. The van der Waals surface area contributed by atoms with Crippen LogP contribution in [0.2, 0.25) is 0 Å². The van der Waals surface area contributed by atoms with Gasteiger partial charge in [-0.2, -0.15) is 0 Å². The van der Waals surface area contributed by atoms with Gasteiger partial charge in [0, 0.05) is 25.4 Å². The van der Waals surface area contributed by atoms with Gasteiger partial charge in [-0.15, -0.1) is 5.10 Å². The van der Waals surface area contributed by atoms with Gasteiger partial charge in [-0.05, 0) is 50.2 Å². The van der Waals surface area contributed by atoms with Crippen molar-refractivity contribution < 1.29 is 4.79 Å². The number of nitrogens with one attached hydrogen (secondary N) is 1. The number of rotatable bonds is 8. The molecule has 0 amide bonds. The number of hydrogen-bond donors (Lipinski definition) is 2. The zero-order valence-corrected chi connectivity index (χ0v) is 16.8. The summed E-state index contributed by atoms with van der Waals surface area (Å²) < 4.78 is 1.80. The van der Waals surface area contributed by atoms with Crippen LogP contribution in [-0.2, 0) is 4.79 Å². The summed E-state index contributed by atoms with van der Waals surface area (Å²) >= 11 is 0. The molecule has 3 rings (SSSR count). The molecule has 7 heteroatoms. The number of carbonyl (C=O) groups is 1. The largest absolute Gasteiger partial charge is 0.397 e. The minimum absolute atomic E-state index is 0.0785. The second-order valence-electron chi connectivity index (χ2n) is 6.88. The number of aromatic nitrogens is 2. The van der Waals surface area contributed by atoms with Gasteiger partial charge in [0.2, 0.25) is 0 Å². The number of aliphatic imine (C=N–C) groups is 1. The first-order chi connectivity index (χ1) is 13.5. The van der Waals surface area contributed by atoms with Gasteiger partial charge in [-0.3, -0.25) is 4.79 Å². The van der Waals surface area contributed by atoms with E-state index in [1.54, 1.807) is 17.5 Å². The average Bonchev–Trinajstić information content (AvgIpc) is 3.03. The van der Waals surface area contributed by atoms with Crippen LogP contribution in [0.3, 0.4) is 0 Å². The Morgan fingerprint density at radius 3 is 2.82 bits per heavy atom. The number of allylic oxidation sites excluding steroid dienone is 3. The summed E-state index contributed by atoms with van der Waals surface area (Å²) in [5.74, 6) is 0.632. The van der Waals surface area contributed by atoms with E-state index in [9.17, 15) is 4.79 Å². The lowest BCUT2D eigenvalue weighted by molar-refractivity contribution is -0.111. The van der Waals surface area contributed by atoms with Crippen LogP contribution in [0.1, 0.15) is 27.2 Å². The summed E-state index contributed by atoms with van der Waals surface area (Å²) in [6.45, 7) is 9.94. The molecule has 0 saturated heterocycles. The summed E-state index contributed by atoms with van der Waals surface area (Å²) in [4.78, 5) is 19.0. The van der Waals surface area contributed by atoms with Gasteiger partial charge in [0.25, 0.3) is 0 Å². The first-order valence-corrected chi connectivity index (χ1v) is 9.76. The molecular weight excluding hydrogens is 352 g/mol. The Hall–Kier alpha value is -2.93. The minimum atomic E-state index is -0.0785. The quantitative estimate of drug-likeness (QED) is 0.688. The number of nitrogens with two attached hydrogens (primary N) is 1. The fourth-order valence-electron chi connectivity index (χ4n) is 3.20. The summed E-state index contributed by atoms with van der Waals surface area (Å²) in [7, 11) is 0. The standard InChI is InChI=1S/C21H28N6O/c1-4-10-26(5-2)12-9-23-21-20(18-8-6-7-11-27(18)25-21)24-17-13-15(3)19(28)14-16(17)22/h6-8,11,13-14H,4-5,9-10,12,22H2,1-3H3,(H,23,25)/b24-17+. The fraction of sp³-hybridized carbons (Fsp3) is 0.381. The van der Waals surface area contributed by atoms with Gasteiger partial charge >= 0.3 is 0 Å². The van der Waals surface area contributed by atoms with Crippen molar-refractivity contribution in [2.75, 3.05) is 31.5 Å². The summed E-state index contributed by atoms with van der Waals surface area (Å²) in [6, 6.07) is 5.85. The third kappa shape index (κ3) is 4.31. The van der Waals surface area contributed by atoms with E-state index in [1.165, 1.54) is 6.08 Å². The predicted octanol–water partition coefficient (Wildman–Crippen LogP) is 2.92. The van der Waals surface area contributed by atoms with Crippen LogP contribution in [0.5, 0.6) is 0 Å². The molecule has 1 aliphatic carbocycles. The molecule has 0 aromatic carbocycles. The number of nitrogens with zero attached hydrogens (tertiary/aromatic N) is 4. The molecule has 2 aromatic heterocycles. The van der Waals surface area contributed by atoms with Crippen LogP contribution in [0.15, 0.2) is 52.8 Å². The van der Waals surface area contributed by atoms with Crippen LogP contribution in [0.4, 0.5) is 11.5 Å². The van der Waals surface area contributed by atoms with Gasteiger partial charge in [0.05, 0.1) is 16.9 Å². The number of pyridine rings is 1. The smallest absolute Gasteiger partial charge is 0.183 e. The maximum atomic E-state index is 11.8. The zero-order chi connectivity index (χ0) is 20.1. The number of anilines is 1. The fourth-order valence-corrected chi connectivity index (χ4v) is 3.20. The van der Waals surface area contributed by atoms with Gasteiger partial charge in [-0.25, -0.2) is 9.51 Å². The predicted molar refractivity (Wildman–Crippen MR) is 114 cm³/mol. The Balaban J connectivity index is 1.91. The highest BCUT2D eigenvalue weighted by molar-refractivity contribution is 6.22. The molecular formula is C21H28N6O. The molecule has 0 fully saturated rings. The van der Waals surface area contributed by atoms with Crippen molar-refractivity contribution in [3.8, 4) is 0 Å². The van der Waals surface area contributed by atoms with Crippen LogP contribution in [0, 0.1) is 0 Å². The number of ketones is 1. The lowest BCUT2D eigenvalue weighted by Crippen LogP contribution is -2.29. The summed E-state index contributed by atoms with van der Waals surface area (Å²) in [5.41, 5.74) is 9.23. The number of carbonyl (C=O) groups excluding carboxylic acids is 1. The molecule has 1 aliphatic rings. The maximum Gasteiger partial charge on any atom is 0.183 e. The van der Waals surface area contributed by atoms with Gasteiger partial charge in [-0.1, -0.05) is 19.9 Å². The highest BCUT2D eigenvalue weighted by Gasteiger charge is 2.17. The zero-order valence-electron chi connectivity index (χ0n) is 16.8. The van der Waals surface area contributed by atoms with E-state index in [4.69, 9.17) is 10.7 Å². The SMILES string of the molecule is CCCN(CC)CCNc1nn2ccccc2c1/N=C1\C=C(C)C(=O)C=C1N. The molecule has 28 heavy (non-hydrogen) atoms. The molecule has 0 saturated carbocycles. The number of hydrogen-bond acceptors (Lipinski definition) is 6. The molecule has 0 atom stereocenters. The first-order valence-electron chi connectivity index (χ1n) is 9.76. The molecule has 7 nitrogen and oxygen atoms in total. The average molecular weight is 380 g/mol. The molecule has 2 aromatic rings. The van der Waals surface area contributed by atoms with Crippen LogP contribution in [-0.4, -0.2) is 52.2 Å². The molecule has 0 bridgehead atoms. The van der Waals surface area contributed by atoms with Crippen molar-refractivity contribution in [2.24, 2.45) is 10.7 Å². The van der Waals surface area contributed by atoms with Crippen molar-refractivity contribution in [3.05, 3.63) is 47.8 Å². The molecule has 3 N–H and O–H groups in total. The van der Waals surface area contributed by atoms with E-state index in [2.05, 4.69) is 29.2 Å². The normalized spacial score (nSPS) is 16.0. The van der Waals surface area contributed by atoms with Crippen molar-refractivity contribution in [3.63, 3.8) is 0 Å². The molecule has 2 heterocycles. The van der Waals surface area contributed by atoms with E-state index < -0.39 is 0 Å². The van der Waals surface area contributed by atoms with Crippen LogP contribution >= 0.6 is 0 Å². The Morgan fingerprint density at radius 2 is 2.07 bits per heavy atom. The van der Waals surface area contributed by atoms with Gasteiger partial charge < -0.3 is 16.0 Å². The number of fused-ring (bicyclic) bond motifs is 1. The van der Waals surface area contributed by atoms with Crippen molar-refractivity contribution in [1.29, 1.82) is 0 Å². The highest BCUT2D eigenvalue weighted by Crippen LogP contribution is 2.30. The first kappa shape index (κ1) is 19.8. The van der Waals surface area contributed by atoms with E-state index in [0.29, 0.717) is 22.8 Å². The molecule has 148 valence electrons. The molecule has 0 unspecified atom stereocenters. The van der Waals surface area contributed by atoms with E-state index >= 15 is 0 Å². The van der Waals surface area contributed by atoms with E-state index in [-0.39, 0.29) is 5.78 Å². The molecule has 0 spiro atoms. The lowest BCUT2D eigenvalue weighted by atomic mass is 10.0. The van der Waals surface area contributed by atoms with Crippen LogP contribution < -0.4 is 11.1 Å². The van der Waals surface area contributed by atoms with Gasteiger partial charge in [0.15, 0.2) is 11.6 Å². The summed E-state index contributed by atoms with van der Waals surface area (Å²) in [5, 5.41) is 8.06. The summed E-state index contributed by atoms with van der Waals surface area (Å²) in [6.07, 6.45) is 6.19. The van der Waals surface area contributed by atoms with Crippen molar-refractivity contribution in [1.82, 2.24) is 14.5 Å². The highest BCUT2D eigenvalue weighted by atomic mass is 16.1. The Morgan fingerprint density at radius 1 is 1.25 bits per heavy atom. The van der Waals surface area contributed by atoms with Crippen LogP contribution in [0.25, 0.3) is 5.52 Å². The third-order valence-electron chi connectivity index (χ3n) is 4.78. The van der Waals surface area contributed by atoms with Crippen molar-refractivity contribution >= 4 is 28.5 Å². The minimum Gasteiger partial charge on any atom is -0.397 e. The second-order valence-corrected chi connectivity index (χ2v) is 6.88. The molecule has 0 radical (unpaired) electrons. The lowest BCUT2D eigenvalue weighted by Gasteiger charge is -2.19. The third-order valence-corrected chi connectivity index (χ3v) is 4.78. The monoisotopic (exact) mass is 380 g/mol. The van der Waals surface area contributed by atoms with Crippen molar-refractivity contribution in [2.45, 2.75) is 27.2 Å². The number of likely N-dealkylation sites (N-methyl/N-ethyl adjacent to an activating group) is 1. The van der Waals surface area contributed by atoms with E-state index in [0.717, 1.165) is 43.8 Å². The van der Waals surface area contributed by atoms with E-state index in [1.807, 2.05) is 24.4 Å².